The van der Waals surface area contributed by atoms with Crippen molar-refractivity contribution in [2.24, 2.45) is 5.84 Å². The van der Waals surface area contributed by atoms with Crippen molar-refractivity contribution < 1.29 is 4.39 Å². The lowest BCUT2D eigenvalue weighted by Crippen LogP contribution is -2.29. The van der Waals surface area contributed by atoms with E-state index in [1.54, 1.807) is 18.3 Å². The Labute approximate surface area is 105 Å². The first-order valence-electron chi connectivity index (χ1n) is 5.55. The van der Waals surface area contributed by atoms with Crippen molar-refractivity contribution in [3.8, 4) is 0 Å². The summed E-state index contributed by atoms with van der Waals surface area (Å²) in [7, 11) is 0. The van der Waals surface area contributed by atoms with Crippen molar-refractivity contribution in [2.75, 3.05) is 5.73 Å². The molecule has 0 spiro atoms. The molecule has 0 saturated carbocycles. The predicted octanol–water partition coefficient (Wildman–Crippen LogP) is 1.66. The van der Waals surface area contributed by atoms with Crippen LogP contribution in [0.5, 0.6) is 0 Å². The van der Waals surface area contributed by atoms with Gasteiger partial charge in [-0.2, -0.15) is 0 Å². The number of rotatable bonds is 3. The number of nitrogens with two attached hydrogens (primary N) is 2. The summed E-state index contributed by atoms with van der Waals surface area (Å²) in [5, 5.41) is 0. The molecule has 0 amide bonds. The smallest absolute Gasteiger partial charge is 0.128 e. The molecule has 0 aliphatic carbocycles. The molecule has 0 aliphatic rings. The number of anilines is 1. The minimum absolute atomic E-state index is 0.313. The number of aromatic nitrogens is 1. The van der Waals surface area contributed by atoms with E-state index < -0.39 is 0 Å². The molecule has 18 heavy (non-hydrogen) atoms. The van der Waals surface area contributed by atoms with Gasteiger partial charge in [-0.25, -0.2) is 14.8 Å². The zero-order chi connectivity index (χ0) is 13.1. The molecular formula is C13H15FN4. The Bertz CT molecular complexity index is 556. The number of hydrazine groups is 1. The van der Waals surface area contributed by atoms with Crippen LogP contribution in [0.3, 0.4) is 0 Å². The van der Waals surface area contributed by atoms with Gasteiger partial charge in [0.1, 0.15) is 11.6 Å². The second kappa shape index (κ2) is 5.12. The fourth-order valence-corrected chi connectivity index (χ4v) is 1.89. The number of pyridine rings is 1. The van der Waals surface area contributed by atoms with Gasteiger partial charge in [0.2, 0.25) is 0 Å². The van der Waals surface area contributed by atoms with Crippen molar-refractivity contribution in [1.82, 2.24) is 10.4 Å². The van der Waals surface area contributed by atoms with E-state index in [0.29, 0.717) is 11.4 Å². The summed E-state index contributed by atoms with van der Waals surface area (Å²) in [6, 6.07) is 7.73. The Morgan fingerprint density at radius 3 is 2.78 bits per heavy atom. The van der Waals surface area contributed by atoms with Crippen LogP contribution in [0.25, 0.3) is 0 Å². The molecule has 94 valence electrons. The van der Waals surface area contributed by atoms with Gasteiger partial charge in [-0.15, -0.1) is 0 Å². The van der Waals surface area contributed by atoms with Gasteiger partial charge in [-0.1, -0.05) is 12.1 Å². The molecule has 1 atom stereocenters. The van der Waals surface area contributed by atoms with Crippen LogP contribution >= 0.6 is 0 Å². The summed E-state index contributed by atoms with van der Waals surface area (Å²) < 4.78 is 13.2. The van der Waals surface area contributed by atoms with Crippen LogP contribution < -0.4 is 17.0 Å². The maximum absolute atomic E-state index is 13.2. The standard InChI is InChI=1S/C13H15FN4/c1-8-5-11(13(15)17-7-8)12(18-16)9-3-2-4-10(14)6-9/h2-7,12,18H,16H2,1H3,(H2,15,17). The van der Waals surface area contributed by atoms with Crippen molar-refractivity contribution in [2.45, 2.75) is 13.0 Å². The molecule has 1 aromatic carbocycles. The van der Waals surface area contributed by atoms with Crippen LogP contribution in [0.2, 0.25) is 0 Å². The molecule has 1 unspecified atom stereocenters. The minimum Gasteiger partial charge on any atom is -0.383 e. The summed E-state index contributed by atoms with van der Waals surface area (Å²) >= 11 is 0. The zero-order valence-electron chi connectivity index (χ0n) is 10.0. The van der Waals surface area contributed by atoms with E-state index in [-0.39, 0.29) is 11.9 Å². The molecular weight excluding hydrogens is 231 g/mol. The highest BCUT2D eigenvalue weighted by Gasteiger charge is 2.16. The van der Waals surface area contributed by atoms with Crippen LogP contribution in [0.4, 0.5) is 10.2 Å². The molecule has 0 aliphatic heterocycles. The van der Waals surface area contributed by atoms with E-state index in [0.717, 1.165) is 11.1 Å². The molecule has 1 aromatic heterocycles. The van der Waals surface area contributed by atoms with Crippen LogP contribution in [0.15, 0.2) is 36.5 Å². The maximum atomic E-state index is 13.2. The van der Waals surface area contributed by atoms with Crippen LogP contribution in [-0.4, -0.2) is 4.98 Å². The summed E-state index contributed by atoms with van der Waals surface area (Å²) in [4.78, 5) is 4.08. The lowest BCUT2D eigenvalue weighted by Gasteiger charge is -2.18. The molecule has 5 N–H and O–H groups in total. The van der Waals surface area contributed by atoms with Crippen LogP contribution in [-0.2, 0) is 0 Å². The average molecular weight is 246 g/mol. The zero-order valence-corrected chi connectivity index (χ0v) is 10.0. The molecule has 2 rings (SSSR count). The quantitative estimate of drug-likeness (QED) is 0.568. The Kier molecular flexibility index (Phi) is 3.55. The molecule has 0 fully saturated rings. The number of hydrogen-bond donors (Lipinski definition) is 3. The summed E-state index contributed by atoms with van der Waals surface area (Å²) in [6.45, 7) is 1.91. The van der Waals surface area contributed by atoms with Crippen molar-refractivity contribution in [3.05, 3.63) is 59.0 Å². The van der Waals surface area contributed by atoms with E-state index in [2.05, 4.69) is 10.4 Å². The van der Waals surface area contributed by atoms with Gasteiger partial charge >= 0.3 is 0 Å². The van der Waals surface area contributed by atoms with Crippen LogP contribution in [0.1, 0.15) is 22.7 Å². The number of aryl methyl sites for hydroxylation is 1. The van der Waals surface area contributed by atoms with Gasteiger partial charge in [-0.3, -0.25) is 5.84 Å². The fraction of sp³-hybridized carbons (Fsp3) is 0.154. The highest BCUT2D eigenvalue weighted by Crippen LogP contribution is 2.25. The first-order valence-corrected chi connectivity index (χ1v) is 5.55. The summed E-state index contributed by atoms with van der Waals surface area (Å²) in [5.41, 5.74) is 10.9. The fourth-order valence-electron chi connectivity index (χ4n) is 1.89. The van der Waals surface area contributed by atoms with Crippen molar-refractivity contribution in [3.63, 3.8) is 0 Å². The number of benzene rings is 1. The molecule has 4 nitrogen and oxygen atoms in total. The van der Waals surface area contributed by atoms with Crippen LogP contribution in [0, 0.1) is 12.7 Å². The van der Waals surface area contributed by atoms with Crippen molar-refractivity contribution in [1.29, 1.82) is 0 Å². The van der Waals surface area contributed by atoms with Gasteiger partial charge in [-0.05, 0) is 36.2 Å². The Morgan fingerprint density at radius 1 is 1.33 bits per heavy atom. The first kappa shape index (κ1) is 12.5. The van der Waals surface area contributed by atoms with Crippen molar-refractivity contribution >= 4 is 5.82 Å². The molecule has 0 bridgehead atoms. The second-order valence-corrected chi connectivity index (χ2v) is 4.14. The Morgan fingerprint density at radius 2 is 2.11 bits per heavy atom. The third kappa shape index (κ3) is 2.47. The topological polar surface area (TPSA) is 77.0 Å². The van der Waals surface area contributed by atoms with E-state index in [1.165, 1.54) is 12.1 Å². The lowest BCUT2D eigenvalue weighted by atomic mass is 9.99. The number of hydrogen-bond acceptors (Lipinski definition) is 4. The third-order valence-electron chi connectivity index (χ3n) is 2.75. The van der Waals surface area contributed by atoms with Gasteiger partial charge in [0.05, 0.1) is 6.04 Å². The summed E-state index contributed by atoms with van der Waals surface area (Å²) in [5.74, 6) is 5.62. The molecule has 5 heteroatoms. The molecule has 1 heterocycles. The normalized spacial score (nSPS) is 12.4. The predicted molar refractivity (Wildman–Crippen MR) is 69.0 cm³/mol. The average Bonchev–Trinajstić information content (AvgIpc) is 2.35. The Hall–Kier alpha value is -1.98. The number of nitrogens with zero attached hydrogens (tertiary/aromatic N) is 1. The van der Waals surface area contributed by atoms with Gasteiger partial charge < -0.3 is 5.73 Å². The van der Waals surface area contributed by atoms with Gasteiger partial charge in [0.25, 0.3) is 0 Å². The largest absolute Gasteiger partial charge is 0.383 e. The monoisotopic (exact) mass is 246 g/mol. The molecule has 0 saturated heterocycles. The van der Waals surface area contributed by atoms with E-state index in [4.69, 9.17) is 11.6 Å². The SMILES string of the molecule is Cc1cnc(N)c(C(NN)c2cccc(F)c2)c1. The maximum Gasteiger partial charge on any atom is 0.128 e. The van der Waals surface area contributed by atoms with E-state index >= 15 is 0 Å². The highest BCUT2D eigenvalue weighted by molar-refractivity contribution is 5.47. The number of nitrogens with one attached hydrogen (secondary N) is 1. The summed E-state index contributed by atoms with van der Waals surface area (Å²) in [6.07, 6.45) is 1.68. The first-order chi connectivity index (χ1) is 8.61. The van der Waals surface area contributed by atoms with E-state index in [9.17, 15) is 4.39 Å². The van der Waals surface area contributed by atoms with Gasteiger partial charge in [0, 0.05) is 11.8 Å². The number of nitrogen functional groups attached to an aromatic ring is 1. The molecule has 0 radical (unpaired) electrons. The Balaban J connectivity index is 2.48. The highest BCUT2D eigenvalue weighted by atomic mass is 19.1. The van der Waals surface area contributed by atoms with E-state index in [1.807, 2.05) is 13.0 Å². The van der Waals surface area contributed by atoms with Gasteiger partial charge in [0.15, 0.2) is 0 Å². The second-order valence-electron chi connectivity index (χ2n) is 4.14. The number of halogens is 1. The lowest BCUT2D eigenvalue weighted by molar-refractivity contribution is 0.605. The third-order valence-corrected chi connectivity index (χ3v) is 2.75. The molecule has 2 aromatic rings. The minimum atomic E-state index is -0.381.